The van der Waals surface area contributed by atoms with Crippen LogP contribution in [-0.4, -0.2) is 19.5 Å². The molecule has 2 heterocycles. The number of aromatic nitrogens is 4. The van der Waals surface area contributed by atoms with Gasteiger partial charge in [0.05, 0.1) is 16.7 Å². The van der Waals surface area contributed by atoms with Crippen molar-refractivity contribution >= 4 is 54.1 Å². The molecular weight excluding hydrogens is 597 g/mol. The molecule has 228 valence electrons. The minimum absolute atomic E-state index is 0.636. The third-order valence-corrected chi connectivity index (χ3v) is 9.58. The second kappa shape index (κ2) is 11.0. The Labute approximate surface area is 282 Å². The van der Waals surface area contributed by atoms with Gasteiger partial charge in [0.25, 0.3) is 0 Å². The SMILES string of the molecule is c1ccc(-c2nc(-c3ccccc3)nc(-c3cc(-n4c5ccc6ccccc6c5c5c6ccccc6ccc54)c4ccccc4c3)n2)cc1. The van der Waals surface area contributed by atoms with Gasteiger partial charge in [-0.3, -0.25) is 0 Å². The Morgan fingerprint density at radius 1 is 0.327 bits per heavy atom. The van der Waals surface area contributed by atoms with Crippen molar-refractivity contribution in [1.29, 1.82) is 0 Å². The highest BCUT2D eigenvalue weighted by atomic mass is 15.0. The highest BCUT2D eigenvalue weighted by molar-refractivity contribution is 6.28. The van der Waals surface area contributed by atoms with E-state index in [0.717, 1.165) is 44.2 Å². The molecule has 0 atom stereocenters. The van der Waals surface area contributed by atoms with Crippen molar-refractivity contribution in [2.45, 2.75) is 0 Å². The molecule has 0 fully saturated rings. The number of benzene rings is 8. The summed E-state index contributed by atoms with van der Waals surface area (Å²) in [4.78, 5) is 15.2. The minimum atomic E-state index is 0.636. The average Bonchev–Trinajstić information content (AvgIpc) is 3.53. The van der Waals surface area contributed by atoms with Gasteiger partial charge < -0.3 is 4.57 Å². The molecule has 0 aliphatic rings. The first-order chi connectivity index (χ1) is 24.3. The number of nitrogens with zero attached hydrogens (tertiary/aromatic N) is 4. The molecule has 0 radical (unpaired) electrons. The van der Waals surface area contributed by atoms with Gasteiger partial charge in [0.15, 0.2) is 17.5 Å². The lowest BCUT2D eigenvalue weighted by molar-refractivity contribution is 1.07. The molecule has 0 saturated carbocycles. The molecule has 10 rings (SSSR count). The molecule has 0 amide bonds. The van der Waals surface area contributed by atoms with Crippen LogP contribution in [0.3, 0.4) is 0 Å². The minimum Gasteiger partial charge on any atom is -0.309 e. The number of hydrogen-bond acceptors (Lipinski definition) is 3. The van der Waals surface area contributed by atoms with Gasteiger partial charge >= 0.3 is 0 Å². The van der Waals surface area contributed by atoms with E-state index in [0.29, 0.717) is 17.5 Å². The van der Waals surface area contributed by atoms with Crippen LogP contribution in [0.4, 0.5) is 0 Å². The van der Waals surface area contributed by atoms with Crippen LogP contribution in [0.5, 0.6) is 0 Å². The maximum atomic E-state index is 5.10. The van der Waals surface area contributed by atoms with Crippen LogP contribution in [0, 0.1) is 0 Å². The van der Waals surface area contributed by atoms with Crippen LogP contribution in [0.1, 0.15) is 0 Å². The van der Waals surface area contributed by atoms with Crippen LogP contribution < -0.4 is 0 Å². The van der Waals surface area contributed by atoms with Crippen molar-refractivity contribution < 1.29 is 0 Å². The zero-order valence-electron chi connectivity index (χ0n) is 26.5. The van der Waals surface area contributed by atoms with E-state index in [-0.39, 0.29) is 0 Å². The van der Waals surface area contributed by atoms with E-state index in [2.05, 4.69) is 114 Å². The first-order valence-corrected chi connectivity index (χ1v) is 16.5. The smallest absolute Gasteiger partial charge is 0.164 e. The summed E-state index contributed by atoms with van der Waals surface area (Å²) in [6.07, 6.45) is 0. The van der Waals surface area contributed by atoms with Crippen LogP contribution in [0.2, 0.25) is 0 Å². The third-order valence-electron chi connectivity index (χ3n) is 9.58. The molecule has 0 N–H and O–H groups in total. The van der Waals surface area contributed by atoms with Gasteiger partial charge in [-0.1, -0.05) is 146 Å². The molecule has 2 aromatic heterocycles. The number of fused-ring (bicyclic) bond motifs is 8. The fourth-order valence-corrected chi connectivity index (χ4v) is 7.35. The average molecular weight is 625 g/mol. The second-order valence-electron chi connectivity index (χ2n) is 12.5. The molecule has 0 unspecified atom stereocenters. The van der Waals surface area contributed by atoms with Gasteiger partial charge in [0.1, 0.15) is 0 Å². The largest absolute Gasteiger partial charge is 0.309 e. The standard InChI is InChI=1S/C45H28N4/c1-3-15-31(16-4-1)43-46-44(32-17-5-2-6-18-32)48-45(47-43)34-27-33-19-9-10-20-35(33)40(28-34)49-38-25-23-29-13-7-11-21-36(29)41(38)42-37-22-12-8-14-30(37)24-26-39(42)49/h1-28H. The molecule has 0 aliphatic heterocycles. The summed E-state index contributed by atoms with van der Waals surface area (Å²) in [5.41, 5.74) is 6.25. The van der Waals surface area contributed by atoms with E-state index in [1.54, 1.807) is 0 Å². The molecule has 4 heteroatoms. The zero-order chi connectivity index (χ0) is 32.3. The monoisotopic (exact) mass is 624 g/mol. The second-order valence-corrected chi connectivity index (χ2v) is 12.5. The highest BCUT2D eigenvalue weighted by Gasteiger charge is 2.20. The highest BCUT2D eigenvalue weighted by Crippen LogP contribution is 2.42. The van der Waals surface area contributed by atoms with Crippen LogP contribution in [0.15, 0.2) is 170 Å². The lowest BCUT2D eigenvalue weighted by Gasteiger charge is -2.15. The summed E-state index contributed by atoms with van der Waals surface area (Å²) in [6.45, 7) is 0. The van der Waals surface area contributed by atoms with E-state index < -0.39 is 0 Å². The van der Waals surface area contributed by atoms with Crippen molar-refractivity contribution in [2.75, 3.05) is 0 Å². The summed E-state index contributed by atoms with van der Waals surface area (Å²) in [6, 6.07) is 59.8. The van der Waals surface area contributed by atoms with Gasteiger partial charge in [-0.2, -0.15) is 0 Å². The van der Waals surface area contributed by atoms with Crippen molar-refractivity contribution in [3.63, 3.8) is 0 Å². The summed E-state index contributed by atoms with van der Waals surface area (Å²) >= 11 is 0. The quantitative estimate of drug-likeness (QED) is 0.196. The summed E-state index contributed by atoms with van der Waals surface area (Å²) in [5, 5.41) is 9.76. The lowest BCUT2D eigenvalue weighted by Crippen LogP contribution is -2.01. The predicted octanol–water partition coefficient (Wildman–Crippen LogP) is 11.4. The van der Waals surface area contributed by atoms with Crippen molar-refractivity contribution in [2.24, 2.45) is 0 Å². The Kier molecular flexibility index (Phi) is 6.15. The Morgan fingerprint density at radius 3 is 1.29 bits per heavy atom. The Bertz CT molecular complexity index is 2720. The molecule has 0 saturated heterocycles. The first-order valence-electron chi connectivity index (χ1n) is 16.5. The fraction of sp³-hybridized carbons (Fsp3) is 0. The molecule has 4 nitrogen and oxygen atoms in total. The van der Waals surface area contributed by atoms with Gasteiger partial charge in [-0.05, 0) is 51.2 Å². The van der Waals surface area contributed by atoms with Crippen molar-refractivity contribution in [3.05, 3.63) is 170 Å². The lowest BCUT2D eigenvalue weighted by atomic mass is 10.00. The van der Waals surface area contributed by atoms with E-state index in [4.69, 9.17) is 15.0 Å². The van der Waals surface area contributed by atoms with Crippen LogP contribution >= 0.6 is 0 Å². The Morgan fingerprint density at radius 2 is 0.755 bits per heavy atom. The maximum Gasteiger partial charge on any atom is 0.164 e. The van der Waals surface area contributed by atoms with Crippen LogP contribution in [-0.2, 0) is 0 Å². The summed E-state index contributed by atoms with van der Waals surface area (Å²) in [5.74, 6) is 1.93. The van der Waals surface area contributed by atoms with Crippen molar-refractivity contribution in [1.82, 2.24) is 19.5 Å². The summed E-state index contributed by atoms with van der Waals surface area (Å²) in [7, 11) is 0. The molecule has 0 aliphatic carbocycles. The topological polar surface area (TPSA) is 43.6 Å². The van der Waals surface area contributed by atoms with Gasteiger partial charge in [0.2, 0.25) is 0 Å². The number of hydrogen-bond donors (Lipinski definition) is 0. The van der Waals surface area contributed by atoms with E-state index in [9.17, 15) is 0 Å². The molecular formula is C45H28N4. The third kappa shape index (κ3) is 4.42. The molecule has 10 aromatic rings. The normalized spacial score (nSPS) is 11.7. The van der Waals surface area contributed by atoms with E-state index in [1.165, 1.54) is 32.3 Å². The fourth-order valence-electron chi connectivity index (χ4n) is 7.35. The van der Waals surface area contributed by atoms with Gasteiger partial charge in [-0.15, -0.1) is 0 Å². The molecule has 49 heavy (non-hydrogen) atoms. The Hall–Kier alpha value is -6.65. The van der Waals surface area contributed by atoms with Crippen molar-refractivity contribution in [3.8, 4) is 39.9 Å². The maximum absolute atomic E-state index is 5.10. The van der Waals surface area contributed by atoms with E-state index >= 15 is 0 Å². The number of rotatable bonds is 4. The van der Waals surface area contributed by atoms with Gasteiger partial charge in [0, 0.05) is 32.8 Å². The summed E-state index contributed by atoms with van der Waals surface area (Å²) < 4.78 is 2.44. The Balaban J connectivity index is 1.31. The van der Waals surface area contributed by atoms with E-state index in [1.807, 2.05) is 60.7 Å². The predicted molar refractivity (Wildman–Crippen MR) is 203 cm³/mol. The first kappa shape index (κ1) is 27.5. The van der Waals surface area contributed by atoms with Gasteiger partial charge in [-0.25, -0.2) is 15.0 Å². The molecule has 0 bridgehead atoms. The molecule has 8 aromatic carbocycles. The van der Waals surface area contributed by atoms with Crippen LogP contribution in [0.25, 0.3) is 94.0 Å². The zero-order valence-corrected chi connectivity index (χ0v) is 26.5. The molecule has 0 spiro atoms.